The number of carbonyl (C=O) groups excluding carboxylic acids is 1. The van der Waals surface area contributed by atoms with Gasteiger partial charge in [0.05, 0.1) is 16.9 Å². The number of fused-ring (bicyclic) bond motifs is 1. The van der Waals surface area contributed by atoms with E-state index in [0.29, 0.717) is 16.4 Å². The number of para-hydroxylation sites is 1. The van der Waals surface area contributed by atoms with Gasteiger partial charge >= 0.3 is 0 Å². The molecular formula is C13H14N4OS. The lowest BCUT2D eigenvalue weighted by atomic mass is 10.1. The number of hydrogen-bond donors (Lipinski definition) is 3. The van der Waals surface area contributed by atoms with Crippen LogP contribution in [0.15, 0.2) is 24.3 Å². The highest BCUT2D eigenvalue weighted by Gasteiger charge is 2.18. The minimum absolute atomic E-state index is 0.194. The van der Waals surface area contributed by atoms with Gasteiger partial charge in [-0.2, -0.15) is 0 Å². The molecule has 1 aliphatic carbocycles. The normalized spacial score (nSPS) is 13.1. The standard InChI is InChI=1S/C13H14N4OS/c14-17-9-5-2-1-4-8(9)12(18)16-13-15-10-6-3-7-11(10)19-13/h1-2,4-5,17H,3,6-7,14H2,(H,15,16,18). The van der Waals surface area contributed by atoms with E-state index in [2.05, 4.69) is 15.7 Å². The molecule has 1 aromatic heterocycles. The maximum Gasteiger partial charge on any atom is 0.259 e. The number of nitrogens with two attached hydrogens (primary N) is 1. The van der Waals surface area contributed by atoms with Crippen molar-refractivity contribution in [3.63, 3.8) is 0 Å². The van der Waals surface area contributed by atoms with Crippen LogP contribution >= 0.6 is 11.3 Å². The summed E-state index contributed by atoms with van der Waals surface area (Å²) in [6.45, 7) is 0. The predicted molar refractivity (Wildman–Crippen MR) is 76.3 cm³/mol. The van der Waals surface area contributed by atoms with Gasteiger partial charge in [-0.15, -0.1) is 11.3 Å². The van der Waals surface area contributed by atoms with Crippen molar-refractivity contribution in [1.82, 2.24) is 4.98 Å². The second-order valence-electron chi connectivity index (χ2n) is 4.39. The Labute approximate surface area is 114 Å². The molecule has 1 amide bonds. The summed E-state index contributed by atoms with van der Waals surface area (Å²) in [6.07, 6.45) is 3.26. The smallest absolute Gasteiger partial charge is 0.259 e. The molecule has 0 radical (unpaired) electrons. The van der Waals surface area contributed by atoms with E-state index in [1.165, 1.54) is 11.3 Å². The van der Waals surface area contributed by atoms with Gasteiger partial charge in [-0.05, 0) is 31.4 Å². The van der Waals surface area contributed by atoms with Crippen molar-refractivity contribution < 1.29 is 4.79 Å². The molecule has 1 aliphatic rings. The molecule has 2 aromatic rings. The van der Waals surface area contributed by atoms with Gasteiger partial charge in [0.2, 0.25) is 0 Å². The molecule has 5 nitrogen and oxygen atoms in total. The molecular weight excluding hydrogens is 260 g/mol. The number of carbonyl (C=O) groups is 1. The van der Waals surface area contributed by atoms with E-state index in [4.69, 9.17) is 5.84 Å². The lowest BCUT2D eigenvalue weighted by molar-refractivity contribution is 0.102. The number of rotatable bonds is 3. The summed E-state index contributed by atoms with van der Waals surface area (Å²) in [5.41, 5.74) is 4.77. The quantitative estimate of drug-likeness (QED) is 0.592. The van der Waals surface area contributed by atoms with E-state index in [-0.39, 0.29) is 5.91 Å². The fourth-order valence-electron chi connectivity index (χ4n) is 2.22. The van der Waals surface area contributed by atoms with Crippen LogP contribution in [-0.2, 0) is 12.8 Å². The van der Waals surface area contributed by atoms with Crippen LogP contribution in [-0.4, -0.2) is 10.9 Å². The molecule has 1 heterocycles. The van der Waals surface area contributed by atoms with Crippen LogP contribution in [0.2, 0.25) is 0 Å². The Kier molecular flexibility index (Phi) is 3.18. The SMILES string of the molecule is NNc1ccccc1C(=O)Nc1nc2c(s1)CCC2. The second-order valence-corrected chi connectivity index (χ2v) is 5.47. The van der Waals surface area contributed by atoms with Gasteiger partial charge in [-0.1, -0.05) is 12.1 Å². The zero-order valence-corrected chi connectivity index (χ0v) is 11.1. The van der Waals surface area contributed by atoms with Gasteiger partial charge in [0.15, 0.2) is 5.13 Å². The number of aryl methyl sites for hydroxylation is 2. The number of anilines is 2. The van der Waals surface area contributed by atoms with Crippen molar-refractivity contribution in [2.24, 2.45) is 5.84 Å². The van der Waals surface area contributed by atoms with Crippen molar-refractivity contribution in [3.8, 4) is 0 Å². The van der Waals surface area contributed by atoms with Crippen molar-refractivity contribution in [3.05, 3.63) is 40.4 Å². The monoisotopic (exact) mass is 274 g/mol. The molecule has 0 fully saturated rings. The molecule has 0 bridgehead atoms. The summed E-state index contributed by atoms with van der Waals surface area (Å²) in [7, 11) is 0. The number of nitrogens with one attached hydrogen (secondary N) is 2. The molecule has 4 N–H and O–H groups in total. The summed E-state index contributed by atoms with van der Waals surface area (Å²) in [5, 5.41) is 3.50. The van der Waals surface area contributed by atoms with Crippen molar-refractivity contribution >= 4 is 28.1 Å². The number of thiazole rings is 1. The molecule has 1 aromatic carbocycles. The first kappa shape index (κ1) is 12.1. The van der Waals surface area contributed by atoms with E-state index >= 15 is 0 Å². The first-order valence-corrected chi connectivity index (χ1v) is 6.95. The van der Waals surface area contributed by atoms with Gasteiger partial charge in [0, 0.05) is 4.88 Å². The Hall–Kier alpha value is -1.92. The Morgan fingerprint density at radius 1 is 1.32 bits per heavy atom. The summed E-state index contributed by atoms with van der Waals surface area (Å²) >= 11 is 1.56. The average Bonchev–Trinajstić information content (AvgIpc) is 2.99. The molecule has 98 valence electrons. The third-order valence-corrected chi connectivity index (χ3v) is 4.22. The zero-order valence-electron chi connectivity index (χ0n) is 10.3. The summed E-state index contributed by atoms with van der Waals surface area (Å²) < 4.78 is 0. The Morgan fingerprint density at radius 3 is 2.95 bits per heavy atom. The minimum atomic E-state index is -0.194. The number of hydrazine groups is 1. The number of benzene rings is 1. The van der Waals surface area contributed by atoms with Gasteiger partial charge in [0.25, 0.3) is 5.91 Å². The van der Waals surface area contributed by atoms with Gasteiger partial charge in [-0.25, -0.2) is 4.98 Å². The van der Waals surface area contributed by atoms with Crippen molar-refractivity contribution in [1.29, 1.82) is 0 Å². The largest absolute Gasteiger partial charge is 0.323 e. The topological polar surface area (TPSA) is 80.0 Å². The van der Waals surface area contributed by atoms with E-state index in [0.717, 1.165) is 18.5 Å². The number of amides is 1. The van der Waals surface area contributed by atoms with Crippen molar-refractivity contribution in [2.45, 2.75) is 19.3 Å². The van der Waals surface area contributed by atoms with Gasteiger partial charge < -0.3 is 5.43 Å². The molecule has 0 spiro atoms. The van der Waals surface area contributed by atoms with Gasteiger partial charge in [-0.3, -0.25) is 16.0 Å². The molecule has 6 heteroatoms. The summed E-state index contributed by atoms with van der Waals surface area (Å²) in [4.78, 5) is 17.9. The van der Waals surface area contributed by atoms with Crippen LogP contribution in [0.4, 0.5) is 10.8 Å². The molecule has 19 heavy (non-hydrogen) atoms. The first-order valence-electron chi connectivity index (χ1n) is 6.13. The summed E-state index contributed by atoms with van der Waals surface area (Å²) in [6, 6.07) is 7.12. The Balaban J connectivity index is 1.80. The summed E-state index contributed by atoms with van der Waals surface area (Å²) in [5.74, 6) is 5.20. The second kappa shape index (κ2) is 4.99. The molecule has 3 rings (SSSR count). The first-order chi connectivity index (χ1) is 9.28. The third kappa shape index (κ3) is 2.32. The minimum Gasteiger partial charge on any atom is -0.323 e. The van der Waals surface area contributed by atoms with E-state index in [1.807, 2.05) is 6.07 Å². The lowest BCUT2D eigenvalue weighted by Crippen LogP contribution is -2.17. The number of nitrogens with zero attached hydrogens (tertiary/aromatic N) is 1. The van der Waals surface area contributed by atoms with Crippen LogP contribution in [0.25, 0.3) is 0 Å². The average molecular weight is 274 g/mol. The highest BCUT2D eigenvalue weighted by atomic mass is 32.1. The lowest BCUT2D eigenvalue weighted by Gasteiger charge is -2.07. The fourth-order valence-corrected chi connectivity index (χ4v) is 3.26. The molecule has 0 saturated heterocycles. The number of nitrogen functional groups attached to an aromatic ring is 1. The predicted octanol–water partition coefficient (Wildman–Crippen LogP) is 2.17. The highest BCUT2D eigenvalue weighted by Crippen LogP contribution is 2.30. The van der Waals surface area contributed by atoms with E-state index < -0.39 is 0 Å². The molecule has 0 unspecified atom stereocenters. The Bertz CT molecular complexity index is 601. The fraction of sp³-hybridized carbons (Fsp3) is 0.231. The Morgan fingerprint density at radius 2 is 2.16 bits per heavy atom. The molecule has 0 atom stereocenters. The van der Waals surface area contributed by atoms with Crippen LogP contribution < -0.4 is 16.6 Å². The number of hydrogen-bond acceptors (Lipinski definition) is 5. The molecule has 0 saturated carbocycles. The maximum atomic E-state index is 12.2. The van der Waals surface area contributed by atoms with Crippen LogP contribution in [0.1, 0.15) is 27.3 Å². The van der Waals surface area contributed by atoms with Gasteiger partial charge in [0.1, 0.15) is 0 Å². The third-order valence-electron chi connectivity index (χ3n) is 3.14. The van der Waals surface area contributed by atoms with E-state index in [9.17, 15) is 4.79 Å². The number of aromatic nitrogens is 1. The van der Waals surface area contributed by atoms with Crippen molar-refractivity contribution in [2.75, 3.05) is 10.7 Å². The van der Waals surface area contributed by atoms with Crippen LogP contribution in [0.5, 0.6) is 0 Å². The highest BCUT2D eigenvalue weighted by molar-refractivity contribution is 7.16. The molecule has 0 aliphatic heterocycles. The van der Waals surface area contributed by atoms with Crippen LogP contribution in [0.3, 0.4) is 0 Å². The van der Waals surface area contributed by atoms with E-state index in [1.54, 1.807) is 29.5 Å². The zero-order chi connectivity index (χ0) is 13.2. The van der Waals surface area contributed by atoms with Crippen LogP contribution in [0, 0.1) is 0 Å². The maximum absolute atomic E-state index is 12.2.